The summed E-state index contributed by atoms with van der Waals surface area (Å²) in [5, 5.41) is 6.31. The van der Waals surface area contributed by atoms with Gasteiger partial charge in [0.25, 0.3) is 5.91 Å². The lowest BCUT2D eigenvalue weighted by Gasteiger charge is -2.22. The molecular formula is C17H24N2O2. The van der Waals surface area contributed by atoms with Gasteiger partial charge in [-0.1, -0.05) is 0 Å². The second-order valence-corrected chi connectivity index (χ2v) is 6.03. The summed E-state index contributed by atoms with van der Waals surface area (Å²) in [6.45, 7) is 3.83. The summed E-state index contributed by atoms with van der Waals surface area (Å²) in [6.07, 6.45) is 5.88. The van der Waals surface area contributed by atoms with Gasteiger partial charge in [-0.2, -0.15) is 0 Å². The van der Waals surface area contributed by atoms with Crippen LogP contribution < -0.4 is 15.4 Å². The van der Waals surface area contributed by atoms with Crippen molar-refractivity contribution in [3.05, 3.63) is 29.3 Å². The van der Waals surface area contributed by atoms with Crippen molar-refractivity contribution in [3.63, 3.8) is 0 Å². The molecule has 1 amide bonds. The molecule has 0 saturated carbocycles. The van der Waals surface area contributed by atoms with Crippen LogP contribution in [0.15, 0.2) is 18.2 Å². The summed E-state index contributed by atoms with van der Waals surface area (Å²) in [4.78, 5) is 11.7. The van der Waals surface area contributed by atoms with E-state index in [1.807, 2.05) is 18.2 Å². The first-order valence-electron chi connectivity index (χ1n) is 8.07. The number of fused-ring (bicyclic) bond motifs is 1. The third-order valence-corrected chi connectivity index (χ3v) is 4.43. The van der Waals surface area contributed by atoms with Crippen molar-refractivity contribution in [2.24, 2.45) is 5.92 Å². The standard InChI is InChI=1S/C17H24N2O2/c20-17-16-6-5-15(11-14(16)7-9-19-17)21-10-2-4-13-3-1-8-18-12-13/h5-6,11,13,18H,1-4,7-10,12H2,(H,19,20). The first kappa shape index (κ1) is 14.4. The first-order valence-corrected chi connectivity index (χ1v) is 8.07. The van der Waals surface area contributed by atoms with Crippen LogP contribution in [0.25, 0.3) is 0 Å². The van der Waals surface area contributed by atoms with E-state index in [2.05, 4.69) is 10.6 Å². The maximum atomic E-state index is 11.7. The molecule has 2 aliphatic rings. The van der Waals surface area contributed by atoms with Crippen LogP contribution >= 0.6 is 0 Å². The zero-order chi connectivity index (χ0) is 14.5. The van der Waals surface area contributed by atoms with Crippen LogP contribution in [0.1, 0.15) is 41.6 Å². The molecule has 4 nitrogen and oxygen atoms in total. The van der Waals surface area contributed by atoms with E-state index in [0.717, 1.165) is 55.3 Å². The van der Waals surface area contributed by atoms with Crippen molar-refractivity contribution >= 4 is 5.91 Å². The monoisotopic (exact) mass is 288 g/mol. The van der Waals surface area contributed by atoms with Gasteiger partial charge >= 0.3 is 0 Å². The maximum absolute atomic E-state index is 11.7. The quantitative estimate of drug-likeness (QED) is 0.816. The van der Waals surface area contributed by atoms with Crippen molar-refractivity contribution in [1.29, 1.82) is 0 Å². The van der Waals surface area contributed by atoms with Crippen molar-refractivity contribution in [2.45, 2.75) is 32.1 Å². The predicted molar refractivity (Wildman–Crippen MR) is 82.8 cm³/mol. The van der Waals surface area contributed by atoms with Crippen molar-refractivity contribution in [3.8, 4) is 5.75 Å². The lowest BCUT2D eigenvalue weighted by atomic mass is 9.95. The van der Waals surface area contributed by atoms with E-state index in [-0.39, 0.29) is 5.91 Å². The van der Waals surface area contributed by atoms with Crippen molar-refractivity contribution in [2.75, 3.05) is 26.2 Å². The maximum Gasteiger partial charge on any atom is 0.251 e. The predicted octanol–water partition coefficient (Wildman–Crippen LogP) is 2.13. The van der Waals surface area contributed by atoms with Gasteiger partial charge < -0.3 is 15.4 Å². The molecule has 2 heterocycles. The molecule has 2 aliphatic heterocycles. The summed E-state index contributed by atoms with van der Waals surface area (Å²) in [5.41, 5.74) is 1.90. The van der Waals surface area contributed by atoms with E-state index in [9.17, 15) is 4.79 Å². The average molecular weight is 288 g/mol. The molecule has 0 radical (unpaired) electrons. The molecule has 21 heavy (non-hydrogen) atoms. The number of carbonyl (C=O) groups is 1. The summed E-state index contributed by atoms with van der Waals surface area (Å²) in [6, 6.07) is 5.81. The molecule has 114 valence electrons. The van der Waals surface area contributed by atoms with Gasteiger partial charge in [-0.25, -0.2) is 0 Å². The molecule has 0 aromatic heterocycles. The number of ether oxygens (including phenoxy) is 1. The smallest absolute Gasteiger partial charge is 0.251 e. The fraction of sp³-hybridized carbons (Fsp3) is 0.588. The molecule has 3 rings (SSSR count). The Morgan fingerprint density at radius 2 is 2.24 bits per heavy atom. The minimum Gasteiger partial charge on any atom is -0.494 e. The largest absolute Gasteiger partial charge is 0.494 e. The van der Waals surface area contributed by atoms with Crippen LogP contribution in [-0.4, -0.2) is 32.1 Å². The number of carbonyl (C=O) groups excluding carboxylic acids is 1. The Labute approximate surface area is 126 Å². The number of nitrogens with one attached hydrogen (secondary N) is 2. The van der Waals surface area contributed by atoms with Crippen molar-refractivity contribution in [1.82, 2.24) is 10.6 Å². The van der Waals surface area contributed by atoms with Crippen LogP contribution in [0.3, 0.4) is 0 Å². The Morgan fingerprint density at radius 1 is 1.29 bits per heavy atom. The molecule has 1 aromatic carbocycles. The second kappa shape index (κ2) is 6.94. The minimum atomic E-state index is 0.0348. The number of benzene rings is 1. The highest BCUT2D eigenvalue weighted by Crippen LogP contribution is 2.21. The van der Waals surface area contributed by atoms with Crippen LogP contribution in [0, 0.1) is 5.92 Å². The second-order valence-electron chi connectivity index (χ2n) is 6.03. The molecule has 1 saturated heterocycles. The zero-order valence-corrected chi connectivity index (χ0v) is 12.5. The van der Waals surface area contributed by atoms with E-state index < -0.39 is 0 Å². The zero-order valence-electron chi connectivity index (χ0n) is 12.5. The Morgan fingerprint density at radius 3 is 3.10 bits per heavy atom. The number of hydrogen-bond donors (Lipinski definition) is 2. The molecular weight excluding hydrogens is 264 g/mol. The van der Waals surface area contributed by atoms with E-state index >= 15 is 0 Å². The van der Waals surface area contributed by atoms with Gasteiger partial charge in [-0.05, 0) is 74.9 Å². The van der Waals surface area contributed by atoms with Gasteiger partial charge in [0.1, 0.15) is 5.75 Å². The molecule has 4 heteroatoms. The Kier molecular flexibility index (Phi) is 4.76. The van der Waals surface area contributed by atoms with Crippen molar-refractivity contribution < 1.29 is 9.53 Å². The molecule has 1 atom stereocenters. The van der Waals surface area contributed by atoms with Gasteiger partial charge in [0.15, 0.2) is 0 Å². The summed E-state index contributed by atoms with van der Waals surface area (Å²) >= 11 is 0. The Hall–Kier alpha value is -1.55. The SMILES string of the molecule is O=C1NCCc2cc(OCCCC3CCCNC3)ccc21. The van der Waals surface area contributed by atoms with Crippen LogP contribution in [0.2, 0.25) is 0 Å². The van der Waals surface area contributed by atoms with E-state index in [4.69, 9.17) is 4.74 Å². The third-order valence-electron chi connectivity index (χ3n) is 4.43. The minimum absolute atomic E-state index is 0.0348. The summed E-state index contributed by atoms with van der Waals surface area (Å²) in [5.74, 6) is 1.74. The normalized spacial score (nSPS) is 21.5. The fourth-order valence-electron chi connectivity index (χ4n) is 3.23. The third kappa shape index (κ3) is 3.76. The van der Waals surface area contributed by atoms with Crippen LogP contribution in [0.5, 0.6) is 5.75 Å². The Bertz CT molecular complexity index is 496. The van der Waals surface area contributed by atoms with Gasteiger partial charge in [-0.3, -0.25) is 4.79 Å². The topological polar surface area (TPSA) is 50.4 Å². The number of hydrogen-bond acceptors (Lipinski definition) is 3. The van der Waals surface area contributed by atoms with Crippen LogP contribution in [-0.2, 0) is 6.42 Å². The molecule has 2 N–H and O–H groups in total. The molecule has 1 unspecified atom stereocenters. The van der Waals surface area contributed by atoms with Crippen LogP contribution in [0.4, 0.5) is 0 Å². The molecule has 0 aliphatic carbocycles. The van der Waals surface area contributed by atoms with E-state index in [1.54, 1.807) is 0 Å². The van der Waals surface area contributed by atoms with E-state index in [1.165, 1.54) is 25.8 Å². The number of amides is 1. The molecule has 0 bridgehead atoms. The highest BCUT2D eigenvalue weighted by atomic mass is 16.5. The van der Waals surface area contributed by atoms with Gasteiger partial charge in [0.05, 0.1) is 6.61 Å². The molecule has 0 spiro atoms. The average Bonchev–Trinajstić information content (AvgIpc) is 2.53. The van der Waals surface area contributed by atoms with Gasteiger partial charge in [-0.15, -0.1) is 0 Å². The lowest BCUT2D eigenvalue weighted by Crippen LogP contribution is -2.31. The molecule has 1 fully saturated rings. The summed E-state index contributed by atoms with van der Waals surface area (Å²) in [7, 11) is 0. The Balaban J connectivity index is 1.46. The lowest BCUT2D eigenvalue weighted by molar-refractivity contribution is 0.0946. The highest BCUT2D eigenvalue weighted by molar-refractivity contribution is 5.96. The summed E-state index contributed by atoms with van der Waals surface area (Å²) < 4.78 is 5.85. The highest BCUT2D eigenvalue weighted by Gasteiger charge is 2.17. The fourth-order valence-corrected chi connectivity index (χ4v) is 3.23. The number of rotatable bonds is 5. The first-order chi connectivity index (χ1) is 10.3. The van der Waals surface area contributed by atoms with E-state index in [0.29, 0.717) is 0 Å². The number of piperidine rings is 1. The molecule has 1 aromatic rings. The van der Waals surface area contributed by atoms with Gasteiger partial charge in [0.2, 0.25) is 0 Å². The van der Waals surface area contributed by atoms with Gasteiger partial charge in [0, 0.05) is 12.1 Å².